The Morgan fingerprint density at radius 3 is 2.40 bits per heavy atom. The SMILES string of the molecule is CCO[C@@H]([C@H]1C[C@@H](C)[C@H]2[C@H](O1)[C@H](O)[C@@]1(C)[C@@H]3CC[C@H]4C(C)(C)[C@@H](O[C@H]5CN(CC6CN(C)C6)CCO5)CCC45C[C@@]35CC[C@]21C)C(C)(C)OC. The van der Waals surface area contributed by atoms with Gasteiger partial charge in [-0.15, -0.1) is 0 Å². The molecule has 5 saturated carbocycles. The Kier molecular flexibility index (Phi) is 9.05. The maximum absolute atomic E-state index is 12.7. The van der Waals surface area contributed by atoms with Crippen LogP contribution in [0.2, 0.25) is 0 Å². The fourth-order valence-corrected chi connectivity index (χ4v) is 15.2. The lowest BCUT2D eigenvalue weighted by Crippen LogP contribution is -2.60. The zero-order valence-corrected chi connectivity index (χ0v) is 33.3. The van der Waals surface area contributed by atoms with E-state index in [0.717, 1.165) is 38.5 Å². The van der Waals surface area contributed by atoms with Crippen LogP contribution < -0.4 is 0 Å². The van der Waals surface area contributed by atoms with Crippen molar-refractivity contribution in [2.24, 2.45) is 56.7 Å². The quantitative estimate of drug-likeness (QED) is 0.304. The van der Waals surface area contributed by atoms with Crippen LogP contribution in [-0.4, -0.2) is 117 Å². The van der Waals surface area contributed by atoms with E-state index in [1.807, 2.05) is 0 Å². The lowest BCUT2D eigenvalue weighted by molar-refractivity contribution is -0.249. The number of nitrogens with zero attached hydrogens (tertiary/aromatic N) is 2. The van der Waals surface area contributed by atoms with Crippen molar-refractivity contribution in [1.82, 2.24) is 9.80 Å². The predicted molar refractivity (Wildman–Crippen MR) is 195 cm³/mol. The predicted octanol–water partition coefficient (Wildman–Crippen LogP) is 6.24. The van der Waals surface area contributed by atoms with E-state index in [2.05, 4.69) is 72.2 Å². The smallest absolute Gasteiger partial charge is 0.170 e. The molecule has 286 valence electrons. The average Bonchev–Trinajstić information content (AvgIpc) is 3.69. The molecule has 1 unspecified atom stereocenters. The van der Waals surface area contributed by atoms with Gasteiger partial charge in [0.05, 0.1) is 36.6 Å². The second kappa shape index (κ2) is 12.3. The fraction of sp³-hybridized carbons (Fsp3) is 1.00. The van der Waals surface area contributed by atoms with Gasteiger partial charge in [-0.25, -0.2) is 0 Å². The minimum Gasteiger partial charge on any atom is -0.390 e. The summed E-state index contributed by atoms with van der Waals surface area (Å²) in [5.41, 5.74) is 0.245. The highest BCUT2D eigenvalue weighted by Crippen LogP contribution is 2.89. The van der Waals surface area contributed by atoms with Crippen LogP contribution in [0, 0.1) is 56.7 Å². The fourth-order valence-electron chi connectivity index (χ4n) is 15.2. The molecule has 8 nitrogen and oxygen atoms in total. The Morgan fingerprint density at radius 2 is 1.70 bits per heavy atom. The van der Waals surface area contributed by atoms with E-state index < -0.39 is 11.7 Å². The highest BCUT2D eigenvalue weighted by molar-refractivity contribution is 5.33. The molecule has 3 saturated heterocycles. The second-order valence-corrected chi connectivity index (χ2v) is 20.5. The molecule has 0 aromatic rings. The van der Waals surface area contributed by atoms with Gasteiger partial charge in [0.25, 0.3) is 0 Å². The highest BCUT2D eigenvalue weighted by Gasteiger charge is 2.84. The van der Waals surface area contributed by atoms with Gasteiger partial charge < -0.3 is 33.7 Å². The Balaban J connectivity index is 0.997. The Bertz CT molecular complexity index is 1270. The van der Waals surface area contributed by atoms with Crippen LogP contribution >= 0.6 is 0 Å². The van der Waals surface area contributed by atoms with Gasteiger partial charge in [-0.2, -0.15) is 0 Å². The molecule has 0 amide bonds. The first-order valence-corrected chi connectivity index (χ1v) is 20.8. The third kappa shape index (κ3) is 5.03. The minimum absolute atomic E-state index is 0.0564. The number of hydrogen-bond donors (Lipinski definition) is 1. The average molecular weight is 701 g/mol. The lowest BCUT2D eigenvalue weighted by atomic mass is 9.41. The van der Waals surface area contributed by atoms with Crippen LogP contribution in [0.1, 0.15) is 107 Å². The number of fused-ring (bicyclic) bond motifs is 4. The molecular formula is C42H72N2O6. The molecular weight excluding hydrogens is 628 g/mol. The van der Waals surface area contributed by atoms with E-state index >= 15 is 0 Å². The summed E-state index contributed by atoms with van der Waals surface area (Å²) in [6.45, 7) is 25.8. The van der Waals surface area contributed by atoms with Crippen molar-refractivity contribution in [2.45, 2.75) is 149 Å². The Morgan fingerprint density at radius 1 is 0.980 bits per heavy atom. The minimum atomic E-state index is -0.467. The molecule has 8 aliphatic rings. The Hall–Kier alpha value is -0.320. The molecule has 8 rings (SSSR count). The number of rotatable bonds is 9. The molecule has 1 N–H and O–H groups in total. The van der Waals surface area contributed by atoms with Crippen molar-refractivity contribution in [2.75, 3.05) is 60.1 Å². The molecule has 2 spiro atoms. The number of methoxy groups -OCH3 is 1. The zero-order valence-electron chi connectivity index (χ0n) is 33.3. The van der Waals surface area contributed by atoms with Gasteiger partial charge in [0.1, 0.15) is 6.10 Å². The van der Waals surface area contributed by atoms with Crippen LogP contribution in [-0.2, 0) is 23.7 Å². The van der Waals surface area contributed by atoms with E-state index in [-0.39, 0.29) is 47.0 Å². The van der Waals surface area contributed by atoms with Crippen molar-refractivity contribution in [3.8, 4) is 0 Å². The largest absolute Gasteiger partial charge is 0.390 e. The number of aliphatic hydroxyl groups excluding tert-OH is 1. The second-order valence-electron chi connectivity index (χ2n) is 20.5. The van der Waals surface area contributed by atoms with Gasteiger partial charge in [-0.05, 0) is 130 Å². The van der Waals surface area contributed by atoms with Crippen molar-refractivity contribution in [3.05, 3.63) is 0 Å². The van der Waals surface area contributed by atoms with Crippen LogP contribution in [0.15, 0.2) is 0 Å². The molecule has 0 bridgehead atoms. The molecule has 8 fully saturated rings. The van der Waals surface area contributed by atoms with Crippen LogP contribution in [0.5, 0.6) is 0 Å². The number of morpholine rings is 1. The van der Waals surface area contributed by atoms with Crippen molar-refractivity contribution >= 4 is 0 Å². The third-order valence-electron chi connectivity index (χ3n) is 17.8. The summed E-state index contributed by atoms with van der Waals surface area (Å²) in [4.78, 5) is 5.01. The van der Waals surface area contributed by atoms with Gasteiger partial charge in [0, 0.05) is 51.9 Å². The summed E-state index contributed by atoms with van der Waals surface area (Å²) in [7, 11) is 4.00. The van der Waals surface area contributed by atoms with E-state index in [9.17, 15) is 5.11 Å². The normalized spacial score (nSPS) is 51.1. The van der Waals surface area contributed by atoms with E-state index in [1.165, 1.54) is 58.2 Å². The summed E-state index contributed by atoms with van der Waals surface area (Å²) in [6.07, 6.45) is 8.90. The molecule has 14 atom stereocenters. The molecule has 0 aromatic carbocycles. The van der Waals surface area contributed by atoms with E-state index in [0.29, 0.717) is 41.1 Å². The summed E-state index contributed by atoms with van der Waals surface area (Å²) < 4.78 is 32.7. The molecule has 8 heteroatoms. The molecule has 3 aliphatic heterocycles. The summed E-state index contributed by atoms with van der Waals surface area (Å²) in [5.74, 6) is 2.79. The zero-order chi connectivity index (χ0) is 35.6. The standard InChI is InChI=1S/C42H72N2O6/c1-11-47-36(38(5,6)46-10)28-20-26(2)33-34(49-28)35(45)40(8)30-13-12-29-37(3,4)31(14-15-41(29)25-42(30,41)17-16-39(33,40)7)50-32-24-44(18-19-48-32)23-27-21-43(9)22-27/h26-36,45H,11-25H2,1-10H3/t26-,28-,29+,30+,31+,32+,33+,34+,35+,36+,39-,40-,41?,42+/m1/s1. The summed E-state index contributed by atoms with van der Waals surface area (Å²) >= 11 is 0. The van der Waals surface area contributed by atoms with Gasteiger partial charge in [0.2, 0.25) is 0 Å². The van der Waals surface area contributed by atoms with Crippen molar-refractivity contribution in [3.63, 3.8) is 0 Å². The maximum Gasteiger partial charge on any atom is 0.170 e. The maximum atomic E-state index is 12.7. The highest BCUT2D eigenvalue weighted by atomic mass is 16.7. The first-order chi connectivity index (χ1) is 23.6. The van der Waals surface area contributed by atoms with Crippen LogP contribution in [0.25, 0.3) is 0 Å². The molecule has 0 aromatic heterocycles. The third-order valence-corrected chi connectivity index (χ3v) is 17.8. The number of likely N-dealkylation sites (tertiary alicyclic amines) is 1. The number of aliphatic hydroxyl groups is 1. The summed E-state index contributed by atoms with van der Waals surface area (Å²) in [5, 5.41) is 12.7. The van der Waals surface area contributed by atoms with E-state index in [4.69, 9.17) is 23.7 Å². The number of ether oxygens (including phenoxy) is 5. The molecule has 50 heavy (non-hydrogen) atoms. The van der Waals surface area contributed by atoms with Crippen LogP contribution in [0.4, 0.5) is 0 Å². The molecule has 0 radical (unpaired) electrons. The first kappa shape index (κ1) is 36.6. The lowest BCUT2D eigenvalue weighted by Gasteiger charge is -2.64. The monoisotopic (exact) mass is 701 g/mol. The molecule has 5 aliphatic carbocycles. The topological polar surface area (TPSA) is 72.9 Å². The van der Waals surface area contributed by atoms with Gasteiger partial charge in [-0.3, -0.25) is 4.90 Å². The molecule has 3 heterocycles. The van der Waals surface area contributed by atoms with Crippen molar-refractivity contribution < 1.29 is 28.8 Å². The van der Waals surface area contributed by atoms with E-state index in [1.54, 1.807) is 7.11 Å². The number of hydrogen-bond acceptors (Lipinski definition) is 8. The summed E-state index contributed by atoms with van der Waals surface area (Å²) in [6, 6.07) is 0. The van der Waals surface area contributed by atoms with Crippen LogP contribution in [0.3, 0.4) is 0 Å². The first-order valence-electron chi connectivity index (χ1n) is 20.8. The van der Waals surface area contributed by atoms with Gasteiger partial charge in [0.15, 0.2) is 6.29 Å². The van der Waals surface area contributed by atoms with Gasteiger partial charge in [-0.1, -0.05) is 34.6 Å². The van der Waals surface area contributed by atoms with Crippen molar-refractivity contribution in [1.29, 1.82) is 0 Å². The van der Waals surface area contributed by atoms with Gasteiger partial charge >= 0.3 is 0 Å². The Labute approximate surface area is 304 Å².